The average molecular weight is 355 g/mol. The zero-order valence-corrected chi connectivity index (χ0v) is 14.7. The average Bonchev–Trinajstić information content (AvgIpc) is 2.48. The summed E-state index contributed by atoms with van der Waals surface area (Å²) in [4.78, 5) is 32.5. The molecule has 0 spiro atoms. The van der Waals surface area contributed by atoms with Crippen molar-refractivity contribution in [1.29, 1.82) is 0 Å². The second-order valence-corrected chi connectivity index (χ2v) is 7.61. The lowest BCUT2D eigenvalue weighted by Crippen LogP contribution is -2.47. The van der Waals surface area contributed by atoms with E-state index in [9.17, 15) is 19.0 Å². The number of aldehydes is 1. The first-order valence-corrected chi connectivity index (χ1v) is 8.54. The van der Waals surface area contributed by atoms with Crippen LogP contribution in [0.25, 0.3) is 0 Å². The third kappa shape index (κ3) is 7.07. The molecule has 23 heavy (non-hydrogen) atoms. The number of aliphatic hydroxyl groups is 2. The van der Waals surface area contributed by atoms with E-state index in [1.165, 1.54) is 0 Å². The molecule has 0 aliphatic carbocycles. The number of hydrogen-bond acceptors (Lipinski definition) is 7. The van der Waals surface area contributed by atoms with Gasteiger partial charge in [0.15, 0.2) is 0 Å². The Morgan fingerprint density at radius 3 is 2.35 bits per heavy atom. The lowest BCUT2D eigenvalue weighted by molar-refractivity contribution is -0.140. The van der Waals surface area contributed by atoms with Crippen molar-refractivity contribution in [2.45, 2.75) is 33.8 Å². The minimum absolute atomic E-state index is 0.0618. The van der Waals surface area contributed by atoms with Crippen LogP contribution in [-0.4, -0.2) is 59.8 Å². The van der Waals surface area contributed by atoms with E-state index < -0.39 is 43.9 Å². The summed E-state index contributed by atoms with van der Waals surface area (Å²) in [6, 6.07) is 0. The monoisotopic (exact) mass is 355 g/mol. The second-order valence-electron chi connectivity index (χ2n) is 6.15. The summed E-state index contributed by atoms with van der Waals surface area (Å²) in [7, 11) is -4.38. The maximum atomic E-state index is 12.1. The van der Waals surface area contributed by atoms with Gasteiger partial charge < -0.3 is 25.2 Å². The molecule has 0 rings (SSSR count). The number of phosphoric ester groups is 1. The Morgan fingerprint density at radius 2 is 1.87 bits per heavy atom. The quantitative estimate of drug-likeness (QED) is 0.227. The molecule has 0 saturated heterocycles. The van der Waals surface area contributed by atoms with Gasteiger partial charge in [-0.3, -0.25) is 13.8 Å². The number of rotatable bonds is 11. The molecule has 136 valence electrons. The van der Waals surface area contributed by atoms with E-state index in [2.05, 4.69) is 14.4 Å². The minimum Gasteiger partial charge on any atom is -0.394 e. The standard InChI is InChI=1S/C13H26NO8P/c1-12(2,9-16)13(3,4)11(18)14-5-6-21-23(19,20)22-8-10(17)7-15/h9-10,15,17H,5-8H2,1-4H3,(H,14,18)(H,19,20). The van der Waals surface area contributed by atoms with Gasteiger partial charge in [-0.25, -0.2) is 4.57 Å². The van der Waals surface area contributed by atoms with Gasteiger partial charge in [0.2, 0.25) is 5.91 Å². The fraction of sp³-hybridized carbons (Fsp3) is 0.846. The van der Waals surface area contributed by atoms with Crippen molar-refractivity contribution in [3.05, 3.63) is 0 Å². The van der Waals surface area contributed by atoms with Crippen molar-refractivity contribution in [3.63, 3.8) is 0 Å². The molecule has 0 aromatic rings. The van der Waals surface area contributed by atoms with E-state index in [0.29, 0.717) is 6.29 Å². The van der Waals surface area contributed by atoms with Crippen molar-refractivity contribution < 1.29 is 38.3 Å². The van der Waals surface area contributed by atoms with Gasteiger partial charge in [0, 0.05) is 12.0 Å². The summed E-state index contributed by atoms with van der Waals surface area (Å²) < 4.78 is 20.5. The molecule has 0 aliphatic rings. The first-order chi connectivity index (χ1) is 10.4. The molecule has 0 fully saturated rings. The van der Waals surface area contributed by atoms with Gasteiger partial charge in [0.1, 0.15) is 12.4 Å². The van der Waals surface area contributed by atoms with Crippen molar-refractivity contribution in [2.75, 3.05) is 26.4 Å². The molecule has 0 heterocycles. The second kappa shape index (κ2) is 8.86. The Balaban J connectivity index is 4.28. The summed E-state index contributed by atoms with van der Waals surface area (Å²) in [5, 5.41) is 20.1. The molecule has 10 heteroatoms. The van der Waals surface area contributed by atoms with Crippen LogP contribution in [0.5, 0.6) is 0 Å². The molecule has 0 aromatic heterocycles. The highest BCUT2D eigenvalue weighted by atomic mass is 31.2. The van der Waals surface area contributed by atoms with E-state index in [0.717, 1.165) is 0 Å². The normalized spacial score (nSPS) is 16.5. The largest absolute Gasteiger partial charge is 0.472 e. The number of carbonyl (C=O) groups excluding carboxylic acids is 2. The number of amides is 1. The molecule has 0 saturated carbocycles. The van der Waals surface area contributed by atoms with Crippen LogP contribution in [0, 0.1) is 10.8 Å². The van der Waals surface area contributed by atoms with E-state index in [1.54, 1.807) is 27.7 Å². The molecule has 4 N–H and O–H groups in total. The van der Waals surface area contributed by atoms with Crippen molar-refractivity contribution >= 4 is 20.0 Å². The van der Waals surface area contributed by atoms with Gasteiger partial charge in [0.25, 0.3) is 0 Å². The number of aliphatic hydroxyl groups excluding tert-OH is 2. The Labute approximate surface area is 135 Å². The van der Waals surface area contributed by atoms with E-state index in [1.807, 2.05) is 0 Å². The SMILES string of the molecule is CC(C)(C=O)C(C)(C)C(=O)NCCOP(=O)(O)OCC(O)CO. The third-order valence-corrected chi connectivity index (χ3v) is 4.74. The van der Waals surface area contributed by atoms with Crippen molar-refractivity contribution in [1.82, 2.24) is 5.32 Å². The number of nitrogens with one attached hydrogen (secondary N) is 1. The minimum atomic E-state index is -4.38. The maximum Gasteiger partial charge on any atom is 0.472 e. The number of hydrogen-bond donors (Lipinski definition) is 4. The topological polar surface area (TPSA) is 142 Å². The summed E-state index contributed by atoms with van der Waals surface area (Å²) in [5.41, 5.74) is -1.85. The van der Waals surface area contributed by atoms with Gasteiger partial charge >= 0.3 is 7.82 Å². The molecule has 0 aromatic carbocycles. The van der Waals surface area contributed by atoms with Crippen LogP contribution >= 0.6 is 7.82 Å². The third-order valence-electron chi connectivity index (χ3n) is 3.76. The van der Waals surface area contributed by atoms with Gasteiger partial charge in [-0.15, -0.1) is 0 Å². The Morgan fingerprint density at radius 1 is 1.30 bits per heavy atom. The van der Waals surface area contributed by atoms with Gasteiger partial charge in [0.05, 0.1) is 25.2 Å². The Hall–Kier alpha value is -0.830. The van der Waals surface area contributed by atoms with Crippen LogP contribution in [-0.2, 0) is 23.2 Å². The number of carbonyl (C=O) groups is 2. The Kier molecular flexibility index (Phi) is 8.54. The van der Waals surface area contributed by atoms with Crippen LogP contribution in [0.4, 0.5) is 0 Å². The van der Waals surface area contributed by atoms with E-state index in [-0.39, 0.29) is 13.2 Å². The van der Waals surface area contributed by atoms with E-state index >= 15 is 0 Å². The predicted octanol–water partition coefficient (Wildman–Crippen LogP) is -0.159. The predicted molar refractivity (Wildman–Crippen MR) is 81.5 cm³/mol. The molecule has 0 aliphatic heterocycles. The highest BCUT2D eigenvalue weighted by Crippen LogP contribution is 2.43. The highest BCUT2D eigenvalue weighted by molar-refractivity contribution is 7.47. The molecular weight excluding hydrogens is 329 g/mol. The molecule has 0 radical (unpaired) electrons. The molecule has 0 bridgehead atoms. The fourth-order valence-corrected chi connectivity index (χ4v) is 2.01. The highest BCUT2D eigenvalue weighted by Gasteiger charge is 2.42. The zero-order chi connectivity index (χ0) is 18.3. The van der Waals surface area contributed by atoms with E-state index in [4.69, 9.17) is 10.2 Å². The number of phosphoric acid groups is 1. The molecular formula is C13H26NO8P. The van der Waals surface area contributed by atoms with Crippen molar-refractivity contribution in [3.8, 4) is 0 Å². The van der Waals surface area contributed by atoms with Crippen LogP contribution in [0.2, 0.25) is 0 Å². The summed E-state index contributed by atoms with van der Waals surface area (Å²) in [6.07, 6.45) is -0.587. The van der Waals surface area contributed by atoms with Gasteiger partial charge in [-0.2, -0.15) is 0 Å². The van der Waals surface area contributed by atoms with Gasteiger partial charge in [-0.05, 0) is 0 Å². The maximum absolute atomic E-state index is 12.1. The smallest absolute Gasteiger partial charge is 0.394 e. The van der Waals surface area contributed by atoms with Crippen LogP contribution < -0.4 is 5.32 Å². The summed E-state index contributed by atoms with van der Waals surface area (Å²) in [5.74, 6) is -0.400. The first kappa shape index (κ1) is 22.2. The van der Waals surface area contributed by atoms with Gasteiger partial charge in [-0.1, -0.05) is 27.7 Å². The van der Waals surface area contributed by atoms with Crippen LogP contribution in [0.15, 0.2) is 0 Å². The van der Waals surface area contributed by atoms with Crippen molar-refractivity contribution in [2.24, 2.45) is 10.8 Å². The fourth-order valence-electron chi connectivity index (χ4n) is 1.26. The first-order valence-electron chi connectivity index (χ1n) is 7.05. The molecule has 9 nitrogen and oxygen atoms in total. The zero-order valence-electron chi connectivity index (χ0n) is 13.8. The molecule has 2 unspecified atom stereocenters. The summed E-state index contributed by atoms with van der Waals surface area (Å²) in [6.45, 7) is 4.98. The lowest BCUT2D eigenvalue weighted by Gasteiger charge is -2.35. The van der Waals surface area contributed by atoms with Crippen LogP contribution in [0.3, 0.4) is 0 Å². The molecule has 2 atom stereocenters. The lowest BCUT2D eigenvalue weighted by atomic mass is 9.68. The Bertz CT molecular complexity index is 451. The summed E-state index contributed by atoms with van der Waals surface area (Å²) >= 11 is 0. The molecule has 1 amide bonds. The van der Waals surface area contributed by atoms with Crippen LogP contribution in [0.1, 0.15) is 27.7 Å².